The molecule has 338 valence electrons. The Balaban J connectivity index is 0.00000504. The number of pyridine rings is 1. The minimum Gasteiger partial charge on any atom is -0.491 e. The maximum Gasteiger partial charge on any atom is 0.305 e. The Morgan fingerprint density at radius 1 is 0.758 bits per heavy atom. The number of carboxylic acids is 1. The second-order valence-corrected chi connectivity index (χ2v) is 14.1. The second kappa shape index (κ2) is 29.6. The van der Waals surface area contributed by atoms with Gasteiger partial charge in [-0.1, -0.05) is 75.4 Å². The third-order valence-corrected chi connectivity index (χ3v) is 9.18. The molecule has 0 fully saturated rings. The van der Waals surface area contributed by atoms with Crippen molar-refractivity contribution in [3.8, 4) is 16.9 Å². The van der Waals surface area contributed by atoms with Crippen LogP contribution in [0.5, 0.6) is 5.75 Å². The molecule has 0 radical (unpaired) electrons. The van der Waals surface area contributed by atoms with Gasteiger partial charge in [-0.2, -0.15) is 0 Å². The molecular formula is C47H65N5O10. The molecule has 4 aromatic rings. The van der Waals surface area contributed by atoms with Crippen molar-refractivity contribution in [3.05, 3.63) is 90.1 Å². The normalized spacial score (nSPS) is 11.8. The predicted octanol–water partition coefficient (Wildman–Crippen LogP) is 6.24. The van der Waals surface area contributed by atoms with Crippen molar-refractivity contribution in [3.63, 3.8) is 0 Å². The molecule has 1 heterocycles. The molecule has 3 aromatic carbocycles. The molecule has 0 saturated carbocycles. The van der Waals surface area contributed by atoms with Gasteiger partial charge in [-0.05, 0) is 72.0 Å². The zero-order chi connectivity index (χ0) is 45.0. The van der Waals surface area contributed by atoms with Crippen molar-refractivity contribution >= 4 is 40.3 Å². The van der Waals surface area contributed by atoms with Crippen LogP contribution in [0.25, 0.3) is 21.9 Å². The maximum atomic E-state index is 13.0. The lowest BCUT2D eigenvalue weighted by atomic mass is 9.95. The molecule has 0 bridgehead atoms. The molecule has 0 aliphatic rings. The van der Waals surface area contributed by atoms with Crippen molar-refractivity contribution in [2.75, 3.05) is 77.9 Å². The van der Waals surface area contributed by atoms with Crippen LogP contribution in [-0.2, 0) is 38.1 Å². The van der Waals surface area contributed by atoms with Gasteiger partial charge >= 0.3 is 5.97 Å². The van der Waals surface area contributed by atoms with E-state index >= 15 is 0 Å². The topological polar surface area (TPSA) is 196 Å². The number of benzene rings is 3. The second-order valence-electron chi connectivity index (χ2n) is 14.1. The van der Waals surface area contributed by atoms with Crippen molar-refractivity contribution in [2.45, 2.75) is 72.4 Å². The van der Waals surface area contributed by atoms with E-state index < -0.39 is 36.4 Å². The molecule has 0 aliphatic carbocycles. The van der Waals surface area contributed by atoms with Gasteiger partial charge in [-0.25, -0.2) is 4.98 Å². The number of anilines is 1. The number of amides is 3. The summed E-state index contributed by atoms with van der Waals surface area (Å²) in [4.78, 5) is 54.0. The Hall–Kier alpha value is -5.61. The van der Waals surface area contributed by atoms with Crippen LogP contribution in [0.3, 0.4) is 0 Å². The molecule has 0 spiro atoms. The van der Waals surface area contributed by atoms with E-state index in [1.807, 2.05) is 81.4 Å². The fourth-order valence-corrected chi connectivity index (χ4v) is 6.29. The van der Waals surface area contributed by atoms with Gasteiger partial charge in [0.05, 0.1) is 65.3 Å². The Kier molecular flexibility index (Phi) is 24.2. The van der Waals surface area contributed by atoms with Gasteiger partial charge in [0.15, 0.2) is 0 Å². The number of ether oxygens (including phenoxy) is 5. The lowest BCUT2D eigenvalue weighted by Gasteiger charge is -2.20. The van der Waals surface area contributed by atoms with Crippen LogP contribution in [0.1, 0.15) is 70.5 Å². The van der Waals surface area contributed by atoms with Crippen LogP contribution in [0.15, 0.2) is 79.0 Å². The minimum atomic E-state index is -1.10. The first-order valence-corrected chi connectivity index (χ1v) is 21.4. The highest BCUT2D eigenvalue weighted by molar-refractivity contribution is 6.00. The number of nitrogens with zero attached hydrogens (tertiary/aromatic N) is 1. The van der Waals surface area contributed by atoms with Crippen LogP contribution < -0.4 is 26.0 Å². The Morgan fingerprint density at radius 2 is 1.39 bits per heavy atom. The highest BCUT2D eigenvalue weighted by Gasteiger charge is 2.22. The van der Waals surface area contributed by atoms with Crippen LogP contribution in [0.4, 0.5) is 5.82 Å². The number of aliphatic carboxylic acids is 1. The predicted molar refractivity (Wildman–Crippen MR) is 240 cm³/mol. The maximum absolute atomic E-state index is 13.0. The van der Waals surface area contributed by atoms with E-state index in [-0.39, 0.29) is 12.3 Å². The summed E-state index contributed by atoms with van der Waals surface area (Å²) in [6.07, 6.45) is 3.20. The molecule has 0 saturated heterocycles. The molecule has 15 heteroatoms. The molecule has 3 amide bonds. The zero-order valence-electron chi connectivity index (χ0n) is 36.8. The average molecular weight is 860 g/mol. The summed E-state index contributed by atoms with van der Waals surface area (Å²) >= 11 is 0. The molecule has 4 rings (SSSR count). The van der Waals surface area contributed by atoms with E-state index in [9.17, 15) is 24.3 Å². The lowest BCUT2D eigenvalue weighted by Crippen LogP contribution is -2.49. The highest BCUT2D eigenvalue weighted by atomic mass is 16.6. The number of aromatic nitrogens is 1. The molecule has 5 N–H and O–H groups in total. The quantitative estimate of drug-likeness (QED) is 0.0387. The summed E-state index contributed by atoms with van der Waals surface area (Å²) < 4.78 is 28.2. The SMILES string of the molecule is CC.CCCOCCOCCOCCOCCOc1ccc(-c2ccc(C(CC(=O)O)NC(=O)CNC(=O)C(CCCNc3cc(C)ccn3)NC(C)=O)cc2)c2ccccc12. The van der Waals surface area contributed by atoms with E-state index in [1.165, 1.54) is 6.92 Å². The summed E-state index contributed by atoms with van der Waals surface area (Å²) in [5.74, 6) is -1.13. The van der Waals surface area contributed by atoms with E-state index in [0.29, 0.717) is 83.6 Å². The van der Waals surface area contributed by atoms with Crippen molar-refractivity contribution in [1.82, 2.24) is 20.9 Å². The minimum absolute atomic E-state index is 0.324. The average Bonchev–Trinajstić information content (AvgIpc) is 3.27. The Bertz CT molecular complexity index is 1940. The lowest BCUT2D eigenvalue weighted by molar-refractivity contribution is -0.138. The first kappa shape index (κ1) is 50.7. The van der Waals surface area contributed by atoms with Crippen LogP contribution in [0.2, 0.25) is 0 Å². The number of carbonyl (C=O) groups excluding carboxylic acids is 3. The van der Waals surface area contributed by atoms with Crippen LogP contribution >= 0.6 is 0 Å². The van der Waals surface area contributed by atoms with Gasteiger partial charge in [-0.15, -0.1) is 0 Å². The number of rotatable bonds is 29. The zero-order valence-corrected chi connectivity index (χ0v) is 36.8. The van der Waals surface area contributed by atoms with Crippen molar-refractivity contribution in [1.29, 1.82) is 0 Å². The molecule has 0 aliphatic heterocycles. The molecule has 1 aromatic heterocycles. The highest BCUT2D eigenvalue weighted by Crippen LogP contribution is 2.35. The van der Waals surface area contributed by atoms with E-state index in [4.69, 9.17) is 23.7 Å². The number of carboxylic acid groups (broad SMARTS) is 1. The fraction of sp³-hybridized carbons (Fsp3) is 0.468. The van der Waals surface area contributed by atoms with Gasteiger partial charge in [0.25, 0.3) is 0 Å². The largest absolute Gasteiger partial charge is 0.491 e. The number of fused-ring (bicyclic) bond motifs is 1. The van der Waals surface area contributed by atoms with Gasteiger partial charge in [0.1, 0.15) is 24.2 Å². The summed E-state index contributed by atoms with van der Waals surface area (Å²) in [5.41, 5.74) is 3.49. The van der Waals surface area contributed by atoms with Crippen LogP contribution in [-0.4, -0.2) is 112 Å². The number of hydrogen-bond donors (Lipinski definition) is 5. The Labute approximate surface area is 365 Å². The third-order valence-electron chi connectivity index (χ3n) is 9.18. The van der Waals surface area contributed by atoms with E-state index in [2.05, 4.69) is 33.2 Å². The first-order valence-electron chi connectivity index (χ1n) is 21.4. The molecule has 2 unspecified atom stereocenters. The molecule has 62 heavy (non-hydrogen) atoms. The third kappa shape index (κ3) is 19.0. The van der Waals surface area contributed by atoms with E-state index in [1.54, 1.807) is 18.3 Å². The van der Waals surface area contributed by atoms with Gasteiger partial charge in [0.2, 0.25) is 17.7 Å². The van der Waals surface area contributed by atoms with Crippen LogP contribution in [0, 0.1) is 6.92 Å². The van der Waals surface area contributed by atoms with E-state index in [0.717, 1.165) is 46.2 Å². The molecular weight excluding hydrogens is 795 g/mol. The van der Waals surface area contributed by atoms with Gasteiger partial charge in [0, 0.05) is 31.7 Å². The molecule has 15 nitrogen and oxygen atoms in total. The van der Waals surface area contributed by atoms with Crippen molar-refractivity contribution in [2.24, 2.45) is 0 Å². The fourth-order valence-electron chi connectivity index (χ4n) is 6.29. The molecule has 2 atom stereocenters. The van der Waals surface area contributed by atoms with Gasteiger partial charge < -0.3 is 50.1 Å². The summed E-state index contributed by atoms with van der Waals surface area (Å²) in [6.45, 7) is 14.0. The number of carbonyl (C=O) groups is 4. The first-order chi connectivity index (χ1) is 30.1. The monoisotopic (exact) mass is 859 g/mol. The summed E-state index contributed by atoms with van der Waals surface area (Å²) in [6, 6.07) is 21.2. The Morgan fingerprint density at radius 3 is 2.00 bits per heavy atom. The number of aryl methyl sites for hydroxylation is 1. The smallest absolute Gasteiger partial charge is 0.305 e. The van der Waals surface area contributed by atoms with Gasteiger partial charge in [-0.3, -0.25) is 19.2 Å². The number of nitrogens with one attached hydrogen (secondary N) is 4. The summed E-state index contributed by atoms with van der Waals surface area (Å²) in [7, 11) is 0. The number of hydrogen-bond acceptors (Lipinski definition) is 11. The standard InChI is InChI=1S/C45H59N5O10.C2H6/c1-4-20-56-21-22-57-23-24-58-25-26-59-27-28-60-41-16-15-36(37-8-5-6-9-38(37)41)34-11-13-35(14-12-34)40(30-44(53)54)50-43(52)31-48-45(55)39(49-33(3)51)10-7-18-46-42-29-32(2)17-19-47-42;1-2/h5-6,8-9,11-17,19,29,39-40H,4,7,10,18,20-28,30-31H2,1-3H3,(H,46,47)(H,48,55)(H,49,51)(H,50,52)(H,53,54);1-2H3. The summed E-state index contributed by atoms with van der Waals surface area (Å²) in [5, 5.41) is 22.7. The van der Waals surface area contributed by atoms with Crippen molar-refractivity contribution < 1.29 is 48.0 Å².